The Morgan fingerprint density at radius 2 is 2.44 bits per heavy atom. The van der Waals surface area contributed by atoms with E-state index in [4.69, 9.17) is 4.98 Å². The smallest absolute Gasteiger partial charge is 0.108 e. The molecule has 2 aliphatic rings. The summed E-state index contributed by atoms with van der Waals surface area (Å²) in [7, 11) is 0. The molecule has 3 heteroatoms. The van der Waals surface area contributed by atoms with E-state index in [-0.39, 0.29) is 0 Å². The third-order valence-corrected chi connectivity index (χ3v) is 3.94. The van der Waals surface area contributed by atoms with E-state index in [0.717, 1.165) is 11.8 Å². The summed E-state index contributed by atoms with van der Waals surface area (Å²) in [5.41, 5.74) is 1.32. The van der Waals surface area contributed by atoms with Gasteiger partial charge in [-0.15, -0.1) is 0 Å². The minimum absolute atomic E-state index is 0.814. The second kappa shape index (κ2) is 4.21. The van der Waals surface area contributed by atoms with Crippen LogP contribution in [0.2, 0.25) is 0 Å². The van der Waals surface area contributed by atoms with Gasteiger partial charge in [-0.2, -0.15) is 0 Å². The predicted molar refractivity (Wildman–Crippen MR) is 64.4 cm³/mol. The summed E-state index contributed by atoms with van der Waals surface area (Å²) in [5.74, 6) is 2.95. The monoisotopic (exact) mass is 219 g/mol. The molecule has 3 heterocycles. The van der Waals surface area contributed by atoms with Gasteiger partial charge in [0.1, 0.15) is 5.82 Å². The third-order valence-electron chi connectivity index (χ3n) is 3.94. The lowest BCUT2D eigenvalue weighted by Crippen LogP contribution is -2.17. The van der Waals surface area contributed by atoms with Crippen molar-refractivity contribution in [2.75, 3.05) is 13.1 Å². The minimum Gasteiger partial charge on any atom is -0.334 e. The first kappa shape index (κ1) is 10.3. The first-order chi connectivity index (χ1) is 7.81. The first-order valence-electron chi connectivity index (χ1n) is 6.57. The van der Waals surface area contributed by atoms with Crippen molar-refractivity contribution >= 4 is 0 Å². The second-order valence-corrected chi connectivity index (χ2v) is 5.51. The van der Waals surface area contributed by atoms with E-state index in [1.807, 2.05) is 0 Å². The molecule has 1 aromatic heterocycles. The number of nitrogens with zero attached hydrogens (tertiary/aromatic N) is 2. The van der Waals surface area contributed by atoms with Crippen LogP contribution < -0.4 is 5.32 Å². The molecule has 2 atom stereocenters. The van der Waals surface area contributed by atoms with Gasteiger partial charge in [-0.05, 0) is 44.2 Å². The fraction of sp³-hybridized carbons (Fsp3) is 0.769. The normalized spacial score (nSPS) is 29.3. The Bertz CT molecular complexity index is 363. The number of nitrogens with one attached hydrogen (secondary N) is 1. The highest BCUT2D eigenvalue weighted by Gasteiger charge is 2.20. The van der Waals surface area contributed by atoms with Crippen LogP contribution in [-0.4, -0.2) is 22.6 Å². The predicted octanol–water partition coefficient (Wildman–Crippen LogP) is 1.62. The molecule has 2 aliphatic heterocycles. The Hall–Kier alpha value is -0.830. The van der Waals surface area contributed by atoms with Gasteiger partial charge in [-0.25, -0.2) is 4.98 Å². The molecule has 1 fully saturated rings. The third kappa shape index (κ3) is 2.01. The maximum Gasteiger partial charge on any atom is 0.108 e. The average molecular weight is 219 g/mol. The molecule has 88 valence electrons. The Labute approximate surface area is 97.3 Å². The average Bonchev–Trinajstić information content (AvgIpc) is 2.86. The molecule has 2 unspecified atom stereocenters. The molecule has 0 amide bonds. The van der Waals surface area contributed by atoms with Crippen LogP contribution in [0, 0.1) is 11.8 Å². The van der Waals surface area contributed by atoms with Crippen molar-refractivity contribution < 1.29 is 0 Å². The summed E-state index contributed by atoms with van der Waals surface area (Å²) in [6.07, 6.45) is 7.26. The molecule has 0 aromatic carbocycles. The molecule has 16 heavy (non-hydrogen) atoms. The van der Waals surface area contributed by atoms with E-state index in [9.17, 15) is 0 Å². The zero-order valence-corrected chi connectivity index (χ0v) is 10.1. The van der Waals surface area contributed by atoms with Crippen LogP contribution in [0.4, 0.5) is 0 Å². The van der Waals surface area contributed by atoms with Crippen LogP contribution in [-0.2, 0) is 19.4 Å². The Kier molecular flexibility index (Phi) is 2.72. The standard InChI is InChI=1S/C13H21N3/c1-10-2-3-13-15-12(9-16(13)8-10)6-11-4-5-14-7-11/h9-11,14H,2-8H2,1H3. The highest BCUT2D eigenvalue weighted by molar-refractivity contribution is 5.08. The molecule has 0 radical (unpaired) electrons. The van der Waals surface area contributed by atoms with E-state index < -0.39 is 0 Å². The van der Waals surface area contributed by atoms with E-state index in [1.165, 1.54) is 56.8 Å². The number of fused-ring (bicyclic) bond motifs is 1. The SMILES string of the molecule is CC1CCc2nc(CC3CCNC3)cn2C1. The first-order valence-corrected chi connectivity index (χ1v) is 6.57. The molecule has 0 aliphatic carbocycles. The number of imidazole rings is 1. The maximum absolute atomic E-state index is 4.78. The molecular formula is C13H21N3. The summed E-state index contributed by atoms with van der Waals surface area (Å²) in [4.78, 5) is 4.78. The van der Waals surface area contributed by atoms with Gasteiger partial charge in [0.15, 0.2) is 0 Å². The molecule has 0 saturated carbocycles. The zero-order chi connectivity index (χ0) is 11.0. The summed E-state index contributed by atoms with van der Waals surface area (Å²) in [6, 6.07) is 0. The van der Waals surface area contributed by atoms with Gasteiger partial charge in [0, 0.05) is 19.2 Å². The molecule has 1 N–H and O–H groups in total. The van der Waals surface area contributed by atoms with Gasteiger partial charge in [0.2, 0.25) is 0 Å². The summed E-state index contributed by atoms with van der Waals surface area (Å²) >= 11 is 0. The van der Waals surface area contributed by atoms with Crippen molar-refractivity contribution in [3.8, 4) is 0 Å². The van der Waals surface area contributed by atoms with Gasteiger partial charge in [0.05, 0.1) is 5.69 Å². The maximum atomic E-state index is 4.78. The molecular weight excluding hydrogens is 198 g/mol. The second-order valence-electron chi connectivity index (χ2n) is 5.51. The van der Waals surface area contributed by atoms with Crippen LogP contribution >= 0.6 is 0 Å². The highest BCUT2D eigenvalue weighted by atomic mass is 15.1. The Morgan fingerprint density at radius 3 is 3.25 bits per heavy atom. The van der Waals surface area contributed by atoms with Crippen molar-refractivity contribution in [3.63, 3.8) is 0 Å². The number of aryl methyl sites for hydroxylation is 1. The van der Waals surface area contributed by atoms with E-state index in [0.29, 0.717) is 0 Å². The van der Waals surface area contributed by atoms with Crippen molar-refractivity contribution in [2.24, 2.45) is 11.8 Å². The van der Waals surface area contributed by atoms with Crippen molar-refractivity contribution in [1.82, 2.24) is 14.9 Å². The number of aromatic nitrogens is 2. The van der Waals surface area contributed by atoms with Crippen molar-refractivity contribution in [1.29, 1.82) is 0 Å². The fourth-order valence-electron chi connectivity index (χ4n) is 2.96. The fourth-order valence-corrected chi connectivity index (χ4v) is 2.96. The van der Waals surface area contributed by atoms with Crippen molar-refractivity contribution in [2.45, 2.75) is 39.2 Å². The molecule has 0 bridgehead atoms. The lowest BCUT2D eigenvalue weighted by atomic mass is 10.0. The van der Waals surface area contributed by atoms with Crippen LogP contribution in [0.5, 0.6) is 0 Å². The molecule has 1 aromatic rings. The van der Waals surface area contributed by atoms with Gasteiger partial charge in [-0.1, -0.05) is 6.92 Å². The summed E-state index contributed by atoms with van der Waals surface area (Å²) in [6.45, 7) is 5.88. The lowest BCUT2D eigenvalue weighted by Gasteiger charge is -2.19. The Balaban J connectivity index is 1.71. The van der Waals surface area contributed by atoms with Gasteiger partial charge in [0.25, 0.3) is 0 Å². The van der Waals surface area contributed by atoms with E-state index in [1.54, 1.807) is 0 Å². The number of rotatable bonds is 2. The largest absolute Gasteiger partial charge is 0.334 e. The van der Waals surface area contributed by atoms with Crippen molar-refractivity contribution in [3.05, 3.63) is 17.7 Å². The van der Waals surface area contributed by atoms with Crippen LogP contribution in [0.3, 0.4) is 0 Å². The molecule has 1 saturated heterocycles. The minimum atomic E-state index is 0.814. The topological polar surface area (TPSA) is 29.9 Å². The van der Waals surface area contributed by atoms with Crippen LogP contribution in [0.25, 0.3) is 0 Å². The highest BCUT2D eigenvalue weighted by Crippen LogP contribution is 2.21. The van der Waals surface area contributed by atoms with Gasteiger partial charge in [-0.3, -0.25) is 0 Å². The lowest BCUT2D eigenvalue weighted by molar-refractivity contribution is 0.394. The van der Waals surface area contributed by atoms with E-state index >= 15 is 0 Å². The molecule has 0 spiro atoms. The number of hydrogen-bond acceptors (Lipinski definition) is 2. The number of hydrogen-bond donors (Lipinski definition) is 1. The van der Waals surface area contributed by atoms with Gasteiger partial charge < -0.3 is 9.88 Å². The van der Waals surface area contributed by atoms with Crippen LogP contribution in [0.15, 0.2) is 6.20 Å². The summed E-state index contributed by atoms with van der Waals surface area (Å²) in [5, 5.41) is 3.43. The Morgan fingerprint density at radius 1 is 1.50 bits per heavy atom. The zero-order valence-electron chi connectivity index (χ0n) is 10.1. The van der Waals surface area contributed by atoms with Gasteiger partial charge >= 0.3 is 0 Å². The quantitative estimate of drug-likeness (QED) is 0.819. The van der Waals surface area contributed by atoms with E-state index in [2.05, 4.69) is 23.0 Å². The molecule has 3 nitrogen and oxygen atoms in total. The van der Waals surface area contributed by atoms with Crippen LogP contribution in [0.1, 0.15) is 31.3 Å². The summed E-state index contributed by atoms with van der Waals surface area (Å²) < 4.78 is 2.38. The molecule has 3 rings (SSSR count).